The van der Waals surface area contributed by atoms with Crippen molar-refractivity contribution in [1.29, 1.82) is 0 Å². The summed E-state index contributed by atoms with van der Waals surface area (Å²) in [7, 11) is 1.32. The largest absolute Gasteiger partial charge is 0.494 e. The Hall–Kier alpha value is -3.17. The molecule has 0 aliphatic heterocycles. The lowest BCUT2D eigenvalue weighted by Crippen LogP contribution is -2.42. The van der Waals surface area contributed by atoms with Crippen LogP contribution in [0.3, 0.4) is 0 Å². The van der Waals surface area contributed by atoms with Crippen LogP contribution in [0.4, 0.5) is 11.4 Å². The minimum absolute atomic E-state index is 0.126. The summed E-state index contributed by atoms with van der Waals surface area (Å²) < 4.78 is 4.99. The minimum atomic E-state index is -0.650. The van der Waals surface area contributed by atoms with Gasteiger partial charge in [-0.3, -0.25) is 19.7 Å². The first-order valence-electron chi connectivity index (χ1n) is 7.22. The Kier molecular flexibility index (Phi) is 6.85. The number of nitro groups is 1. The highest BCUT2D eigenvalue weighted by Gasteiger charge is 2.14. The Balaban J connectivity index is 2.56. The number of nitrogens with zero attached hydrogens (tertiary/aromatic N) is 2. The zero-order valence-electron chi connectivity index (χ0n) is 14.4. The lowest BCUT2D eigenvalue weighted by molar-refractivity contribution is -0.384. The first kappa shape index (κ1) is 19.9. The number of carbonyl (C=O) groups excluding carboxylic acids is 2. The molecule has 1 aromatic rings. The van der Waals surface area contributed by atoms with Gasteiger partial charge in [-0.1, -0.05) is 5.16 Å². The molecule has 2 N–H and O–H groups in total. The topological polar surface area (TPSA) is 132 Å². The first-order valence-corrected chi connectivity index (χ1v) is 7.22. The van der Waals surface area contributed by atoms with Gasteiger partial charge in [-0.15, -0.1) is 0 Å². The number of amides is 2. The molecule has 1 aromatic carbocycles. The summed E-state index contributed by atoms with van der Waals surface area (Å²) in [5, 5.41) is 19.2. The van der Waals surface area contributed by atoms with Crippen LogP contribution >= 0.6 is 0 Å². The van der Waals surface area contributed by atoms with Gasteiger partial charge in [0.25, 0.3) is 17.5 Å². The molecule has 0 aliphatic carbocycles. The standard InChI is InChI=1S/C15H20N4O6/c1-15(2,3)18-14(21)9-25-16-8-13(20)17-11-6-5-10(19(22)23)7-12(11)24-4/h5-8H,9H2,1-4H3,(H,17,20)(H,18,21)/b16-8-. The third kappa shape index (κ3) is 7.29. The maximum absolute atomic E-state index is 11.7. The highest BCUT2D eigenvalue weighted by atomic mass is 16.6. The molecule has 0 unspecified atom stereocenters. The van der Waals surface area contributed by atoms with E-state index >= 15 is 0 Å². The van der Waals surface area contributed by atoms with Gasteiger partial charge >= 0.3 is 0 Å². The van der Waals surface area contributed by atoms with Gasteiger partial charge in [-0.2, -0.15) is 0 Å². The van der Waals surface area contributed by atoms with Crippen molar-refractivity contribution in [3.8, 4) is 5.75 Å². The van der Waals surface area contributed by atoms with Crippen LogP contribution in [0.2, 0.25) is 0 Å². The van der Waals surface area contributed by atoms with Gasteiger partial charge in [-0.25, -0.2) is 0 Å². The van der Waals surface area contributed by atoms with E-state index in [1.54, 1.807) is 0 Å². The van der Waals surface area contributed by atoms with Crippen molar-refractivity contribution in [3.63, 3.8) is 0 Å². The van der Waals surface area contributed by atoms with E-state index in [4.69, 9.17) is 9.57 Å². The number of nitrogens with one attached hydrogen (secondary N) is 2. The highest BCUT2D eigenvalue weighted by Crippen LogP contribution is 2.28. The van der Waals surface area contributed by atoms with Crippen molar-refractivity contribution < 1.29 is 24.1 Å². The molecule has 0 aliphatic rings. The summed E-state index contributed by atoms with van der Waals surface area (Å²) in [5.74, 6) is -0.896. The van der Waals surface area contributed by atoms with E-state index < -0.39 is 16.4 Å². The lowest BCUT2D eigenvalue weighted by atomic mass is 10.1. The number of benzene rings is 1. The van der Waals surface area contributed by atoms with Crippen molar-refractivity contribution in [2.75, 3.05) is 19.0 Å². The maximum atomic E-state index is 11.7. The van der Waals surface area contributed by atoms with Gasteiger partial charge in [0.2, 0.25) is 0 Å². The second-order valence-corrected chi connectivity index (χ2v) is 5.94. The SMILES string of the molecule is COc1cc([N+](=O)[O-])ccc1NC(=O)/C=N\OCC(=O)NC(C)(C)C. The number of hydrogen-bond acceptors (Lipinski definition) is 7. The molecule has 0 aromatic heterocycles. The second-order valence-electron chi connectivity index (χ2n) is 5.94. The number of hydrogen-bond donors (Lipinski definition) is 2. The average Bonchev–Trinajstić information content (AvgIpc) is 2.50. The fourth-order valence-corrected chi connectivity index (χ4v) is 1.70. The molecule has 136 valence electrons. The van der Waals surface area contributed by atoms with Gasteiger partial charge in [0.1, 0.15) is 12.0 Å². The molecule has 10 nitrogen and oxygen atoms in total. The van der Waals surface area contributed by atoms with E-state index in [9.17, 15) is 19.7 Å². The number of nitro benzene ring substituents is 1. The summed E-state index contributed by atoms with van der Waals surface area (Å²) in [6.45, 7) is 5.12. The average molecular weight is 352 g/mol. The molecule has 0 spiro atoms. The van der Waals surface area contributed by atoms with Crippen LogP contribution in [0.25, 0.3) is 0 Å². The van der Waals surface area contributed by atoms with Crippen LogP contribution in [0.1, 0.15) is 20.8 Å². The van der Waals surface area contributed by atoms with E-state index in [1.165, 1.54) is 25.3 Å². The van der Waals surface area contributed by atoms with Gasteiger partial charge in [0.05, 0.1) is 23.8 Å². The van der Waals surface area contributed by atoms with Gasteiger partial charge in [-0.05, 0) is 26.8 Å². The third-order valence-corrected chi connectivity index (χ3v) is 2.61. The smallest absolute Gasteiger partial charge is 0.273 e. The highest BCUT2D eigenvalue weighted by molar-refractivity contribution is 6.31. The van der Waals surface area contributed by atoms with E-state index in [2.05, 4.69) is 15.8 Å². The van der Waals surface area contributed by atoms with E-state index in [1.807, 2.05) is 20.8 Å². The Bertz CT molecular complexity index is 681. The Morgan fingerprint density at radius 1 is 1.36 bits per heavy atom. The van der Waals surface area contributed by atoms with E-state index in [0.717, 1.165) is 6.21 Å². The van der Waals surface area contributed by atoms with Crippen LogP contribution in [-0.4, -0.2) is 42.2 Å². The number of ether oxygens (including phenoxy) is 1. The molecule has 0 radical (unpaired) electrons. The normalized spacial score (nSPS) is 11.0. The predicted molar refractivity (Wildman–Crippen MR) is 90.6 cm³/mol. The fourth-order valence-electron chi connectivity index (χ4n) is 1.70. The van der Waals surface area contributed by atoms with Crippen LogP contribution in [0.5, 0.6) is 5.75 Å². The van der Waals surface area contributed by atoms with Crippen LogP contribution < -0.4 is 15.4 Å². The Morgan fingerprint density at radius 3 is 2.60 bits per heavy atom. The van der Waals surface area contributed by atoms with E-state index in [0.29, 0.717) is 0 Å². The quantitative estimate of drug-likeness (QED) is 0.434. The minimum Gasteiger partial charge on any atom is -0.494 e. The van der Waals surface area contributed by atoms with Gasteiger partial charge in [0.15, 0.2) is 6.61 Å². The molecular formula is C15H20N4O6. The number of anilines is 1. The summed E-state index contributed by atoms with van der Waals surface area (Å²) >= 11 is 0. The van der Waals surface area contributed by atoms with Crippen molar-refractivity contribution >= 4 is 29.4 Å². The number of carbonyl (C=O) groups is 2. The monoisotopic (exact) mass is 352 g/mol. The van der Waals surface area contributed by atoms with Crippen molar-refractivity contribution in [1.82, 2.24) is 5.32 Å². The van der Waals surface area contributed by atoms with Crippen LogP contribution in [0.15, 0.2) is 23.4 Å². The maximum Gasteiger partial charge on any atom is 0.273 e. The molecule has 0 saturated carbocycles. The second kappa shape index (κ2) is 8.62. The number of oxime groups is 1. The molecule has 0 atom stereocenters. The molecular weight excluding hydrogens is 332 g/mol. The van der Waals surface area contributed by atoms with Crippen molar-refractivity contribution in [3.05, 3.63) is 28.3 Å². The number of methoxy groups -OCH3 is 1. The van der Waals surface area contributed by atoms with E-state index in [-0.39, 0.29) is 29.6 Å². The zero-order valence-corrected chi connectivity index (χ0v) is 14.4. The molecule has 0 bridgehead atoms. The third-order valence-electron chi connectivity index (χ3n) is 2.61. The summed E-state index contributed by atoms with van der Waals surface area (Å²) in [6, 6.07) is 3.74. The molecule has 2 amide bonds. The first-order chi connectivity index (χ1) is 11.6. The molecule has 1 rings (SSSR count). The van der Waals surface area contributed by atoms with Gasteiger partial charge < -0.3 is 20.2 Å². The summed E-state index contributed by atoms with van der Waals surface area (Å²) in [4.78, 5) is 38.1. The van der Waals surface area contributed by atoms with Crippen molar-refractivity contribution in [2.45, 2.75) is 26.3 Å². The zero-order chi connectivity index (χ0) is 19.0. The summed E-state index contributed by atoms with van der Waals surface area (Å²) in [5.41, 5.74) is -0.333. The fraction of sp³-hybridized carbons (Fsp3) is 0.400. The molecule has 0 fully saturated rings. The number of rotatable bonds is 7. The van der Waals surface area contributed by atoms with Crippen molar-refractivity contribution in [2.24, 2.45) is 5.16 Å². The summed E-state index contributed by atoms with van der Waals surface area (Å²) in [6.07, 6.45) is 0.839. The Labute approximate surface area is 144 Å². The predicted octanol–water partition coefficient (Wildman–Crippen LogP) is 1.46. The van der Waals surface area contributed by atoms with Gasteiger partial charge in [0, 0.05) is 11.6 Å². The molecule has 25 heavy (non-hydrogen) atoms. The van der Waals surface area contributed by atoms with Crippen LogP contribution in [-0.2, 0) is 14.4 Å². The molecule has 10 heteroatoms. The Morgan fingerprint density at radius 2 is 2.04 bits per heavy atom. The van der Waals surface area contributed by atoms with Crippen LogP contribution in [0, 0.1) is 10.1 Å². The lowest BCUT2D eigenvalue weighted by Gasteiger charge is -2.19. The number of non-ortho nitro benzene ring substituents is 1. The molecule has 0 saturated heterocycles. The molecule has 0 heterocycles.